The van der Waals surface area contributed by atoms with Crippen LogP contribution in [0.4, 0.5) is 0 Å². The summed E-state index contributed by atoms with van der Waals surface area (Å²) in [6.45, 7) is 6.06. The first-order valence-electron chi connectivity index (χ1n) is 4.30. The van der Waals surface area contributed by atoms with Crippen LogP contribution in [0.2, 0.25) is 0 Å². The molecule has 1 heterocycles. The van der Waals surface area contributed by atoms with Crippen molar-refractivity contribution in [1.29, 1.82) is 0 Å². The third-order valence-electron chi connectivity index (χ3n) is 2.02. The lowest BCUT2D eigenvalue weighted by Crippen LogP contribution is -2.36. The van der Waals surface area contributed by atoms with Gasteiger partial charge in [-0.2, -0.15) is 0 Å². The molecule has 1 rings (SSSR count). The van der Waals surface area contributed by atoms with Gasteiger partial charge in [0.25, 0.3) is 5.91 Å². The molecular formula is C9H14N2O2. The number of nitrogens with zero attached hydrogens (tertiary/aromatic N) is 1. The fourth-order valence-corrected chi connectivity index (χ4v) is 0.772. The molecule has 0 saturated carbocycles. The predicted molar refractivity (Wildman–Crippen MR) is 48.3 cm³/mol. The van der Waals surface area contributed by atoms with Gasteiger partial charge in [0.2, 0.25) is 0 Å². The molecule has 1 amide bonds. The molecule has 0 saturated heterocycles. The van der Waals surface area contributed by atoms with Crippen LogP contribution in [-0.4, -0.2) is 16.9 Å². The molecule has 0 aliphatic rings. The average Bonchev–Trinajstić information content (AvgIpc) is 2.55. The van der Waals surface area contributed by atoms with E-state index in [2.05, 4.69) is 10.3 Å². The third-order valence-corrected chi connectivity index (χ3v) is 2.02. The fraction of sp³-hybridized carbons (Fsp3) is 0.556. The summed E-state index contributed by atoms with van der Waals surface area (Å²) in [5.74, 6) is 0.228. The van der Waals surface area contributed by atoms with Gasteiger partial charge in [0.05, 0.1) is 0 Å². The lowest BCUT2D eigenvalue weighted by Gasteiger charge is -2.16. The van der Waals surface area contributed by atoms with E-state index < -0.39 is 0 Å². The quantitative estimate of drug-likeness (QED) is 0.769. The molecule has 1 atom stereocenters. The highest BCUT2D eigenvalue weighted by atomic mass is 16.3. The Hall–Kier alpha value is -1.32. The number of oxazole rings is 1. The van der Waals surface area contributed by atoms with Crippen molar-refractivity contribution in [2.24, 2.45) is 5.92 Å². The van der Waals surface area contributed by atoms with Crippen LogP contribution in [0, 0.1) is 5.92 Å². The van der Waals surface area contributed by atoms with E-state index in [1.165, 1.54) is 12.7 Å². The van der Waals surface area contributed by atoms with Crippen molar-refractivity contribution in [1.82, 2.24) is 10.3 Å². The second-order valence-corrected chi connectivity index (χ2v) is 3.38. The maximum atomic E-state index is 11.4. The van der Waals surface area contributed by atoms with Crippen LogP contribution < -0.4 is 5.32 Å². The first kappa shape index (κ1) is 9.77. The monoisotopic (exact) mass is 182 g/mol. The maximum absolute atomic E-state index is 11.4. The van der Waals surface area contributed by atoms with E-state index in [0.717, 1.165) is 0 Å². The predicted octanol–water partition coefficient (Wildman–Crippen LogP) is 1.45. The van der Waals surface area contributed by atoms with Crippen LogP contribution in [0.1, 0.15) is 31.3 Å². The first-order valence-corrected chi connectivity index (χ1v) is 4.30. The van der Waals surface area contributed by atoms with Crippen molar-refractivity contribution in [3.8, 4) is 0 Å². The number of aromatic nitrogens is 1. The zero-order valence-corrected chi connectivity index (χ0v) is 8.07. The second-order valence-electron chi connectivity index (χ2n) is 3.38. The van der Waals surface area contributed by atoms with Gasteiger partial charge < -0.3 is 9.73 Å². The minimum Gasteiger partial charge on any atom is -0.451 e. The number of amides is 1. The van der Waals surface area contributed by atoms with Crippen molar-refractivity contribution in [3.63, 3.8) is 0 Å². The summed E-state index contributed by atoms with van der Waals surface area (Å²) in [7, 11) is 0. The van der Waals surface area contributed by atoms with Crippen LogP contribution >= 0.6 is 0 Å². The average molecular weight is 182 g/mol. The maximum Gasteiger partial charge on any atom is 0.273 e. The van der Waals surface area contributed by atoms with E-state index in [4.69, 9.17) is 4.42 Å². The molecule has 72 valence electrons. The van der Waals surface area contributed by atoms with Gasteiger partial charge in [-0.15, -0.1) is 0 Å². The van der Waals surface area contributed by atoms with E-state index in [1.807, 2.05) is 20.8 Å². The molecule has 0 unspecified atom stereocenters. The molecule has 0 bridgehead atoms. The first-order chi connectivity index (χ1) is 6.11. The number of rotatable bonds is 3. The Morgan fingerprint density at radius 3 is 2.69 bits per heavy atom. The largest absolute Gasteiger partial charge is 0.451 e. The highest BCUT2D eigenvalue weighted by molar-refractivity contribution is 5.91. The van der Waals surface area contributed by atoms with Crippen LogP contribution in [-0.2, 0) is 0 Å². The normalized spacial score (nSPS) is 12.9. The van der Waals surface area contributed by atoms with Crippen molar-refractivity contribution in [2.75, 3.05) is 0 Å². The molecule has 0 spiro atoms. The summed E-state index contributed by atoms with van der Waals surface area (Å²) in [5.41, 5.74) is 0.326. The molecule has 1 aromatic rings. The van der Waals surface area contributed by atoms with E-state index in [9.17, 15) is 4.79 Å². The Morgan fingerprint density at radius 1 is 1.54 bits per heavy atom. The van der Waals surface area contributed by atoms with Gasteiger partial charge in [0.1, 0.15) is 6.26 Å². The number of nitrogens with one attached hydrogen (secondary N) is 1. The summed E-state index contributed by atoms with van der Waals surface area (Å²) in [6.07, 6.45) is 2.58. The van der Waals surface area contributed by atoms with E-state index >= 15 is 0 Å². The Bertz CT molecular complexity index is 267. The molecule has 0 radical (unpaired) electrons. The van der Waals surface area contributed by atoms with Gasteiger partial charge in [0, 0.05) is 6.04 Å². The van der Waals surface area contributed by atoms with E-state index in [0.29, 0.717) is 11.6 Å². The lowest BCUT2D eigenvalue weighted by atomic mass is 10.1. The molecule has 4 nitrogen and oxygen atoms in total. The van der Waals surface area contributed by atoms with Gasteiger partial charge in [-0.3, -0.25) is 4.79 Å². The number of hydrogen-bond donors (Lipinski definition) is 1. The van der Waals surface area contributed by atoms with Gasteiger partial charge in [-0.25, -0.2) is 4.98 Å². The van der Waals surface area contributed by atoms with Gasteiger partial charge >= 0.3 is 0 Å². The zero-order valence-electron chi connectivity index (χ0n) is 8.07. The van der Waals surface area contributed by atoms with Crippen molar-refractivity contribution < 1.29 is 9.21 Å². The molecule has 1 aromatic heterocycles. The van der Waals surface area contributed by atoms with Crippen LogP contribution in [0.15, 0.2) is 17.1 Å². The zero-order chi connectivity index (χ0) is 9.84. The van der Waals surface area contributed by atoms with Crippen molar-refractivity contribution in [2.45, 2.75) is 26.8 Å². The topological polar surface area (TPSA) is 55.1 Å². The summed E-state index contributed by atoms with van der Waals surface area (Å²) in [4.78, 5) is 15.1. The van der Waals surface area contributed by atoms with E-state index in [-0.39, 0.29) is 11.9 Å². The van der Waals surface area contributed by atoms with Gasteiger partial charge in [-0.05, 0) is 12.8 Å². The molecule has 0 fully saturated rings. The van der Waals surface area contributed by atoms with Crippen LogP contribution in [0.5, 0.6) is 0 Å². The highest BCUT2D eigenvalue weighted by Gasteiger charge is 2.13. The van der Waals surface area contributed by atoms with Crippen molar-refractivity contribution in [3.05, 3.63) is 18.4 Å². The molecular weight excluding hydrogens is 168 g/mol. The summed E-state index contributed by atoms with van der Waals surface area (Å²) in [5, 5.41) is 2.82. The second kappa shape index (κ2) is 4.07. The summed E-state index contributed by atoms with van der Waals surface area (Å²) in [6, 6.07) is 0.143. The molecule has 0 aliphatic carbocycles. The Kier molecular flexibility index (Phi) is 3.06. The van der Waals surface area contributed by atoms with Gasteiger partial charge in [0.15, 0.2) is 12.1 Å². The van der Waals surface area contributed by atoms with Crippen LogP contribution in [0.25, 0.3) is 0 Å². The number of hydrogen-bond acceptors (Lipinski definition) is 3. The minimum absolute atomic E-state index is 0.143. The van der Waals surface area contributed by atoms with Crippen molar-refractivity contribution >= 4 is 5.91 Å². The summed E-state index contributed by atoms with van der Waals surface area (Å²) >= 11 is 0. The SMILES string of the molecule is CC(C)[C@@H](C)NC(=O)c1cocn1. The van der Waals surface area contributed by atoms with Crippen LogP contribution in [0.3, 0.4) is 0 Å². The Labute approximate surface area is 77.3 Å². The lowest BCUT2D eigenvalue weighted by molar-refractivity contribution is 0.0925. The minimum atomic E-state index is -0.185. The molecule has 4 heteroatoms. The Balaban J connectivity index is 2.52. The molecule has 0 aromatic carbocycles. The standard InChI is InChI=1S/C9H14N2O2/c1-6(2)7(3)11-9(12)8-4-13-5-10-8/h4-7H,1-3H3,(H,11,12)/t7-/m1/s1. The number of carbonyl (C=O) groups is 1. The fourth-order valence-electron chi connectivity index (χ4n) is 0.772. The van der Waals surface area contributed by atoms with Gasteiger partial charge in [-0.1, -0.05) is 13.8 Å². The molecule has 1 N–H and O–H groups in total. The highest BCUT2D eigenvalue weighted by Crippen LogP contribution is 2.01. The summed E-state index contributed by atoms with van der Waals surface area (Å²) < 4.78 is 4.71. The molecule has 0 aliphatic heterocycles. The number of carbonyl (C=O) groups excluding carboxylic acids is 1. The third kappa shape index (κ3) is 2.57. The smallest absolute Gasteiger partial charge is 0.273 e. The van der Waals surface area contributed by atoms with E-state index in [1.54, 1.807) is 0 Å². The molecule has 13 heavy (non-hydrogen) atoms. The Morgan fingerprint density at radius 2 is 2.23 bits per heavy atom.